The Labute approximate surface area is 73.2 Å². The predicted molar refractivity (Wildman–Crippen MR) is 48.8 cm³/mol. The molecule has 0 saturated heterocycles. The van der Waals surface area contributed by atoms with Crippen LogP contribution in [0.5, 0.6) is 0 Å². The van der Waals surface area contributed by atoms with E-state index in [1.54, 1.807) is 5.57 Å². The molecule has 0 N–H and O–H groups in total. The van der Waals surface area contributed by atoms with E-state index < -0.39 is 0 Å². The Morgan fingerprint density at radius 1 is 1.33 bits per heavy atom. The van der Waals surface area contributed by atoms with Gasteiger partial charge in [0, 0.05) is 0 Å². The first-order chi connectivity index (χ1) is 5.92. The third-order valence-corrected chi connectivity index (χ3v) is 2.89. The van der Waals surface area contributed by atoms with Crippen LogP contribution in [0.2, 0.25) is 0 Å². The molecule has 2 rings (SSSR count). The fourth-order valence-corrected chi connectivity index (χ4v) is 2.23. The van der Waals surface area contributed by atoms with Crippen molar-refractivity contribution in [3.05, 3.63) is 23.3 Å². The number of rotatable bonds is 1. The monoisotopic (exact) mass is 162 g/mol. The molecule has 0 aromatic heterocycles. The molecule has 1 heteroatoms. The zero-order chi connectivity index (χ0) is 8.39. The Kier molecular flexibility index (Phi) is 2.11. The molecule has 0 aliphatic heterocycles. The Bertz CT molecular complexity index is 248. The first-order valence-electron chi connectivity index (χ1n) is 4.74. The van der Waals surface area contributed by atoms with Crippen molar-refractivity contribution in [2.24, 2.45) is 5.92 Å². The van der Waals surface area contributed by atoms with Crippen LogP contribution in [0.1, 0.15) is 32.1 Å². The van der Waals surface area contributed by atoms with Gasteiger partial charge in [-0.2, -0.15) is 0 Å². The summed E-state index contributed by atoms with van der Waals surface area (Å²) in [5.41, 5.74) is 2.97. The van der Waals surface area contributed by atoms with E-state index in [4.69, 9.17) is 0 Å². The van der Waals surface area contributed by atoms with Crippen LogP contribution >= 0.6 is 0 Å². The van der Waals surface area contributed by atoms with Crippen molar-refractivity contribution in [2.75, 3.05) is 0 Å². The van der Waals surface area contributed by atoms with Crippen molar-refractivity contribution in [3.8, 4) is 0 Å². The average molecular weight is 162 g/mol. The van der Waals surface area contributed by atoms with E-state index in [0.717, 1.165) is 19.1 Å². The summed E-state index contributed by atoms with van der Waals surface area (Å²) in [4.78, 5) is 10.7. The first kappa shape index (κ1) is 7.78. The SMILES string of the molecule is O=CC1C=CCC2=C1CCCC2. The van der Waals surface area contributed by atoms with E-state index in [9.17, 15) is 4.79 Å². The molecule has 0 amide bonds. The van der Waals surface area contributed by atoms with Crippen LogP contribution in [0.3, 0.4) is 0 Å². The van der Waals surface area contributed by atoms with E-state index in [-0.39, 0.29) is 5.92 Å². The lowest BCUT2D eigenvalue weighted by molar-refractivity contribution is -0.109. The molecule has 1 nitrogen and oxygen atoms in total. The summed E-state index contributed by atoms with van der Waals surface area (Å²) in [6.07, 6.45) is 11.3. The number of carbonyl (C=O) groups is 1. The Hall–Kier alpha value is -0.850. The average Bonchev–Trinajstić information content (AvgIpc) is 2.17. The highest BCUT2D eigenvalue weighted by atomic mass is 16.1. The van der Waals surface area contributed by atoms with Crippen molar-refractivity contribution >= 4 is 6.29 Å². The maximum absolute atomic E-state index is 10.7. The highest BCUT2D eigenvalue weighted by Crippen LogP contribution is 2.34. The van der Waals surface area contributed by atoms with Gasteiger partial charge < -0.3 is 4.79 Å². The third kappa shape index (κ3) is 1.24. The molecule has 2 aliphatic carbocycles. The normalized spacial score (nSPS) is 28.5. The topological polar surface area (TPSA) is 17.1 Å². The van der Waals surface area contributed by atoms with Gasteiger partial charge in [0.1, 0.15) is 6.29 Å². The van der Waals surface area contributed by atoms with Crippen molar-refractivity contribution in [3.63, 3.8) is 0 Å². The molecule has 0 heterocycles. The van der Waals surface area contributed by atoms with Crippen LogP contribution < -0.4 is 0 Å². The molecule has 64 valence electrons. The zero-order valence-corrected chi connectivity index (χ0v) is 7.25. The summed E-state index contributed by atoms with van der Waals surface area (Å²) in [5, 5.41) is 0. The van der Waals surface area contributed by atoms with Crippen LogP contribution in [0.25, 0.3) is 0 Å². The van der Waals surface area contributed by atoms with Gasteiger partial charge in [-0.1, -0.05) is 23.3 Å². The number of aldehydes is 1. The fourth-order valence-electron chi connectivity index (χ4n) is 2.23. The summed E-state index contributed by atoms with van der Waals surface area (Å²) in [6, 6.07) is 0. The second-order valence-corrected chi connectivity index (χ2v) is 3.63. The molecular weight excluding hydrogens is 148 g/mol. The van der Waals surface area contributed by atoms with Crippen LogP contribution in [0.15, 0.2) is 23.3 Å². The lowest BCUT2D eigenvalue weighted by Gasteiger charge is -2.25. The molecule has 0 aromatic rings. The lowest BCUT2D eigenvalue weighted by atomic mass is 9.80. The van der Waals surface area contributed by atoms with Crippen LogP contribution in [0.4, 0.5) is 0 Å². The molecule has 0 spiro atoms. The summed E-state index contributed by atoms with van der Waals surface area (Å²) in [6.45, 7) is 0. The minimum atomic E-state index is 0.119. The van der Waals surface area contributed by atoms with Crippen molar-refractivity contribution in [2.45, 2.75) is 32.1 Å². The van der Waals surface area contributed by atoms with Crippen LogP contribution in [0, 0.1) is 5.92 Å². The van der Waals surface area contributed by atoms with Crippen molar-refractivity contribution in [1.29, 1.82) is 0 Å². The van der Waals surface area contributed by atoms with Gasteiger partial charge in [-0.05, 0) is 32.1 Å². The quantitative estimate of drug-likeness (QED) is 0.428. The first-order valence-corrected chi connectivity index (χ1v) is 4.74. The van der Waals surface area contributed by atoms with E-state index in [2.05, 4.69) is 12.2 Å². The van der Waals surface area contributed by atoms with Crippen molar-refractivity contribution < 1.29 is 4.79 Å². The van der Waals surface area contributed by atoms with Gasteiger partial charge in [0.05, 0.1) is 5.92 Å². The molecule has 0 radical (unpaired) electrons. The Morgan fingerprint density at radius 3 is 3.00 bits per heavy atom. The smallest absolute Gasteiger partial charge is 0.130 e. The molecule has 0 fully saturated rings. The molecule has 1 atom stereocenters. The summed E-state index contributed by atoms with van der Waals surface area (Å²) < 4.78 is 0. The van der Waals surface area contributed by atoms with E-state index in [1.807, 2.05) is 0 Å². The van der Waals surface area contributed by atoms with Gasteiger partial charge in [-0.15, -0.1) is 0 Å². The predicted octanol–water partition coefficient (Wildman–Crippen LogP) is 2.63. The van der Waals surface area contributed by atoms with Crippen LogP contribution in [-0.2, 0) is 4.79 Å². The molecule has 2 aliphatic rings. The standard InChI is InChI=1S/C11H14O/c12-8-10-6-3-5-9-4-1-2-7-11(9)10/h3,6,8,10H,1-2,4-5,7H2. The summed E-state index contributed by atoms with van der Waals surface area (Å²) >= 11 is 0. The van der Waals surface area contributed by atoms with Gasteiger partial charge in [-0.3, -0.25) is 0 Å². The summed E-state index contributed by atoms with van der Waals surface area (Å²) in [5.74, 6) is 0.119. The van der Waals surface area contributed by atoms with Gasteiger partial charge in [0.15, 0.2) is 0 Å². The largest absolute Gasteiger partial charge is 0.302 e. The zero-order valence-electron chi connectivity index (χ0n) is 7.25. The fraction of sp³-hybridized carbons (Fsp3) is 0.545. The second-order valence-electron chi connectivity index (χ2n) is 3.63. The number of hydrogen-bond acceptors (Lipinski definition) is 1. The molecule has 0 aromatic carbocycles. The molecular formula is C11H14O. The minimum absolute atomic E-state index is 0.119. The lowest BCUT2D eigenvalue weighted by Crippen LogP contribution is -2.12. The molecule has 1 unspecified atom stereocenters. The number of carbonyl (C=O) groups excluding carboxylic acids is 1. The van der Waals surface area contributed by atoms with Gasteiger partial charge in [0.25, 0.3) is 0 Å². The molecule has 0 saturated carbocycles. The van der Waals surface area contributed by atoms with Gasteiger partial charge in [-0.25, -0.2) is 0 Å². The maximum atomic E-state index is 10.7. The number of hydrogen-bond donors (Lipinski definition) is 0. The Balaban J connectivity index is 2.26. The van der Waals surface area contributed by atoms with E-state index in [0.29, 0.717) is 0 Å². The Morgan fingerprint density at radius 2 is 2.17 bits per heavy atom. The van der Waals surface area contributed by atoms with E-state index >= 15 is 0 Å². The second kappa shape index (κ2) is 3.26. The summed E-state index contributed by atoms with van der Waals surface area (Å²) in [7, 11) is 0. The molecule has 0 bridgehead atoms. The highest BCUT2D eigenvalue weighted by Gasteiger charge is 2.20. The maximum Gasteiger partial charge on any atom is 0.130 e. The van der Waals surface area contributed by atoms with Crippen LogP contribution in [-0.4, -0.2) is 6.29 Å². The van der Waals surface area contributed by atoms with Gasteiger partial charge in [0.2, 0.25) is 0 Å². The van der Waals surface area contributed by atoms with Crippen molar-refractivity contribution in [1.82, 2.24) is 0 Å². The third-order valence-electron chi connectivity index (χ3n) is 2.89. The number of allylic oxidation sites excluding steroid dienone is 4. The van der Waals surface area contributed by atoms with Gasteiger partial charge >= 0.3 is 0 Å². The highest BCUT2D eigenvalue weighted by molar-refractivity contribution is 5.63. The minimum Gasteiger partial charge on any atom is -0.302 e. The van der Waals surface area contributed by atoms with E-state index in [1.165, 1.54) is 24.8 Å². The molecule has 12 heavy (non-hydrogen) atoms.